The van der Waals surface area contributed by atoms with Crippen LogP contribution < -0.4 is 5.32 Å². The summed E-state index contributed by atoms with van der Waals surface area (Å²) in [7, 11) is 0. The monoisotopic (exact) mass is 301 g/mol. The minimum Gasteiger partial charge on any atom is -0.390 e. The Kier molecular flexibility index (Phi) is 6.17. The molecule has 19 heavy (non-hydrogen) atoms. The molecule has 1 rings (SSSR count). The average molecular weight is 302 g/mol. The number of amides is 1. The van der Waals surface area contributed by atoms with Crippen LogP contribution in [-0.2, 0) is 0 Å². The van der Waals surface area contributed by atoms with Gasteiger partial charge in [0.15, 0.2) is 0 Å². The number of carbonyl (C=O) groups is 1. The van der Waals surface area contributed by atoms with E-state index >= 15 is 0 Å². The zero-order valence-corrected chi connectivity index (χ0v) is 13.1. The lowest BCUT2D eigenvalue weighted by atomic mass is 10.1. The zero-order valence-electron chi connectivity index (χ0n) is 11.5. The van der Waals surface area contributed by atoms with Crippen LogP contribution >= 0.6 is 23.4 Å². The van der Waals surface area contributed by atoms with Gasteiger partial charge < -0.3 is 10.4 Å². The molecule has 0 spiro atoms. The number of hydrogen-bond donors (Lipinski definition) is 2. The van der Waals surface area contributed by atoms with Gasteiger partial charge in [-0.3, -0.25) is 4.79 Å². The highest BCUT2D eigenvalue weighted by Gasteiger charge is 2.12. The Morgan fingerprint density at radius 1 is 1.47 bits per heavy atom. The van der Waals surface area contributed by atoms with E-state index in [2.05, 4.69) is 5.32 Å². The van der Waals surface area contributed by atoms with E-state index in [-0.39, 0.29) is 5.91 Å². The Morgan fingerprint density at radius 2 is 2.16 bits per heavy atom. The van der Waals surface area contributed by atoms with E-state index in [9.17, 15) is 9.90 Å². The number of aryl methyl sites for hydroxylation is 1. The predicted molar refractivity (Wildman–Crippen MR) is 82.1 cm³/mol. The second-order valence-corrected chi connectivity index (χ2v) is 6.60. The van der Waals surface area contributed by atoms with Gasteiger partial charge in [0.1, 0.15) is 0 Å². The second kappa shape index (κ2) is 7.17. The normalized spacial score (nSPS) is 11.4. The van der Waals surface area contributed by atoms with E-state index in [1.54, 1.807) is 43.8 Å². The molecule has 0 saturated carbocycles. The van der Waals surface area contributed by atoms with Crippen molar-refractivity contribution in [1.82, 2.24) is 5.32 Å². The summed E-state index contributed by atoms with van der Waals surface area (Å²) in [6.07, 6.45) is 0. The molecule has 2 N–H and O–H groups in total. The number of thioether (sulfide) groups is 1. The summed E-state index contributed by atoms with van der Waals surface area (Å²) in [5.41, 5.74) is 0.849. The summed E-state index contributed by atoms with van der Waals surface area (Å²) in [6.45, 7) is 6.00. The molecule has 106 valence electrons. The molecule has 0 atom stereocenters. The lowest BCUT2D eigenvalue weighted by molar-refractivity contribution is 0.0956. The largest absolute Gasteiger partial charge is 0.390 e. The number of nitrogens with one attached hydrogen (secondary N) is 1. The lowest BCUT2D eigenvalue weighted by Gasteiger charge is -2.16. The highest BCUT2D eigenvalue weighted by molar-refractivity contribution is 7.99. The summed E-state index contributed by atoms with van der Waals surface area (Å²) in [5.74, 6) is 1.34. The first-order valence-corrected chi connectivity index (χ1v) is 7.67. The van der Waals surface area contributed by atoms with E-state index < -0.39 is 5.60 Å². The van der Waals surface area contributed by atoms with Crippen molar-refractivity contribution >= 4 is 29.3 Å². The quantitative estimate of drug-likeness (QED) is 0.794. The van der Waals surface area contributed by atoms with Gasteiger partial charge in [0.2, 0.25) is 0 Å². The van der Waals surface area contributed by atoms with Gasteiger partial charge in [-0.25, -0.2) is 0 Å². The van der Waals surface area contributed by atoms with E-state index in [0.29, 0.717) is 22.9 Å². The van der Waals surface area contributed by atoms with Crippen molar-refractivity contribution < 1.29 is 9.90 Å². The van der Waals surface area contributed by atoms with Crippen molar-refractivity contribution in [3.05, 3.63) is 34.3 Å². The molecule has 0 aliphatic heterocycles. The first kappa shape index (κ1) is 16.3. The number of halogens is 1. The van der Waals surface area contributed by atoms with Gasteiger partial charge in [0.25, 0.3) is 5.91 Å². The minimum atomic E-state index is -0.665. The minimum absolute atomic E-state index is 0.0939. The van der Waals surface area contributed by atoms with E-state index in [0.717, 1.165) is 11.3 Å². The van der Waals surface area contributed by atoms with Crippen LogP contribution in [0.4, 0.5) is 0 Å². The Hall–Kier alpha value is -0.710. The summed E-state index contributed by atoms with van der Waals surface area (Å²) in [6, 6.07) is 5.23. The van der Waals surface area contributed by atoms with E-state index in [1.165, 1.54) is 0 Å². The maximum atomic E-state index is 11.9. The number of aliphatic hydroxyl groups is 1. The Bertz CT molecular complexity index is 444. The fraction of sp³-hybridized carbons (Fsp3) is 0.500. The van der Waals surface area contributed by atoms with Crippen LogP contribution in [0.1, 0.15) is 29.8 Å². The molecule has 0 fully saturated rings. The van der Waals surface area contributed by atoms with Crippen LogP contribution in [0.2, 0.25) is 5.02 Å². The number of carbonyl (C=O) groups excluding carboxylic acids is 1. The van der Waals surface area contributed by atoms with Crippen LogP contribution in [0.5, 0.6) is 0 Å². The fourth-order valence-electron chi connectivity index (χ4n) is 1.45. The molecule has 0 radical (unpaired) electrons. The Labute approximate surface area is 123 Å². The van der Waals surface area contributed by atoms with Crippen LogP contribution in [0.3, 0.4) is 0 Å². The van der Waals surface area contributed by atoms with Crippen molar-refractivity contribution in [3.63, 3.8) is 0 Å². The fourth-order valence-corrected chi connectivity index (χ4v) is 2.45. The van der Waals surface area contributed by atoms with Gasteiger partial charge in [-0.05, 0) is 44.5 Å². The molecular weight excluding hydrogens is 282 g/mol. The van der Waals surface area contributed by atoms with Gasteiger partial charge in [-0.1, -0.05) is 11.6 Å². The maximum Gasteiger partial charge on any atom is 0.251 e. The molecule has 1 aromatic rings. The second-order valence-electron chi connectivity index (χ2n) is 5.08. The van der Waals surface area contributed by atoms with Crippen LogP contribution in [-0.4, -0.2) is 34.7 Å². The third-order valence-electron chi connectivity index (χ3n) is 2.41. The number of hydrogen-bond acceptors (Lipinski definition) is 3. The number of rotatable bonds is 6. The molecule has 0 aliphatic rings. The third-order valence-corrected chi connectivity index (χ3v) is 4.23. The van der Waals surface area contributed by atoms with Crippen molar-refractivity contribution in [1.29, 1.82) is 0 Å². The Balaban J connectivity index is 2.33. The molecule has 0 bridgehead atoms. The molecule has 1 amide bonds. The first-order valence-electron chi connectivity index (χ1n) is 6.14. The summed E-state index contributed by atoms with van der Waals surface area (Å²) < 4.78 is 0. The molecule has 3 nitrogen and oxygen atoms in total. The lowest BCUT2D eigenvalue weighted by Crippen LogP contribution is -2.27. The van der Waals surface area contributed by atoms with Crippen molar-refractivity contribution in [2.45, 2.75) is 26.4 Å². The van der Waals surface area contributed by atoms with E-state index in [1.807, 2.05) is 6.92 Å². The van der Waals surface area contributed by atoms with Gasteiger partial charge in [-0.15, -0.1) is 0 Å². The SMILES string of the molecule is Cc1cc(C(=O)NCCSCC(C)(C)O)ccc1Cl. The predicted octanol–water partition coefficient (Wildman–Crippen LogP) is 2.88. The van der Waals surface area contributed by atoms with Crippen LogP contribution in [0.15, 0.2) is 18.2 Å². The molecule has 0 unspecified atom stereocenters. The average Bonchev–Trinajstić information content (AvgIpc) is 2.30. The Morgan fingerprint density at radius 3 is 2.74 bits per heavy atom. The molecule has 0 aromatic heterocycles. The van der Waals surface area contributed by atoms with Gasteiger partial charge >= 0.3 is 0 Å². The van der Waals surface area contributed by atoms with Crippen LogP contribution in [0, 0.1) is 6.92 Å². The zero-order chi connectivity index (χ0) is 14.5. The van der Waals surface area contributed by atoms with Gasteiger partial charge in [-0.2, -0.15) is 11.8 Å². The molecule has 0 saturated heterocycles. The summed E-state index contributed by atoms with van der Waals surface area (Å²) in [5, 5.41) is 13.1. The molecule has 5 heteroatoms. The topological polar surface area (TPSA) is 49.3 Å². The van der Waals surface area contributed by atoms with Crippen molar-refractivity contribution in [2.75, 3.05) is 18.1 Å². The summed E-state index contributed by atoms with van der Waals surface area (Å²) >= 11 is 7.53. The van der Waals surface area contributed by atoms with Gasteiger partial charge in [0, 0.05) is 28.6 Å². The molecule has 1 aromatic carbocycles. The van der Waals surface area contributed by atoms with E-state index in [4.69, 9.17) is 11.6 Å². The van der Waals surface area contributed by atoms with Crippen molar-refractivity contribution in [2.24, 2.45) is 0 Å². The standard InChI is InChI=1S/C14H20ClNO2S/c1-10-8-11(4-5-12(10)15)13(17)16-6-7-19-9-14(2,3)18/h4-5,8,18H,6-7,9H2,1-3H3,(H,16,17). The molecule has 0 heterocycles. The van der Waals surface area contributed by atoms with Crippen LogP contribution in [0.25, 0.3) is 0 Å². The summed E-state index contributed by atoms with van der Waals surface area (Å²) in [4.78, 5) is 11.9. The van der Waals surface area contributed by atoms with Crippen molar-refractivity contribution in [3.8, 4) is 0 Å². The third kappa shape index (κ3) is 6.32. The molecular formula is C14H20ClNO2S. The highest BCUT2D eigenvalue weighted by atomic mass is 35.5. The number of benzene rings is 1. The maximum absolute atomic E-state index is 11.9. The highest BCUT2D eigenvalue weighted by Crippen LogP contribution is 2.16. The first-order chi connectivity index (χ1) is 8.79. The molecule has 0 aliphatic carbocycles. The smallest absolute Gasteiger partial charge is 0.251 e. The van der Waals surface area contributed by atoms with Gasteiger partial charge in [0.05, 0.1) is 5.60 Å².